The molecule has 0 aliphatic rings. The first-order valence-electron chi connectivity index (χ1n) is 16.8. The van der Waals surface area contributed by atoms with Crippen LogP contribution >= 0.6 is 0 Å². The van der Waals surface area contributed by atoms with Crippen molar-refractivity contribution in [3.8, 4) is 0 Å². The molecule has 1 nitrogen and oxygen atoms in total. The van der Waals surface area contributed by atoms with Crippen molar-refractivity contribution in [2.45, 2.75) is 213 Å². The maximum atomic E-state index is 10.9. The van der Waals surface area contributed by atoms with E-state index >= 15 is 0 Å². The summed E-state index contributed by atoms with van der Waals surface area (Å²) in [4.78, 5) is 10.9. The van der Waals surface area contributed by atoms with E-state index in [2.05, 4.69) is 6.92 Å². The lowest BCUT2D eigenvalue weighted by molar-refractivity contribution is -0.117. The number of hydrogen-bond acceptors (Lipinski definition) is 1. The first-order chi connectivity index (χ1) is 17.3. The summed E-state index contributed by atoms with van der Waals surface area (Å²) in [6, 6.07) is 0. The maximum absolute atomic E-state index is 10.9. The average Bonchev–Trinajstić information content (AvgIpc) is 2.85. The van der Waals surface area contributed by atoms with Crippen molar-refractivity contribution in [3.63, 3.8) is 0 Å². The maximum Gasteiger partial charge on any atom is 0.129 e. The quantitative estimate of drug-likeness (QED) is 0.0879. The van der Waals surface area contributed by atoms with Gasteiger partial charge in [0, 0.05) is 6.42 Å². The van der Waals surface area contributed by atoms with Gasteiger partial charge in [-0.25, -0.2) is 0 Å². The monoisotopic (exact) mass is 493 g/mol. The highest BCUT2D eigenvalue weighted by Gasteiger charge is 1.97. The van der Waals surface area contributed by atoms with Crippen molar-refractivity contribution in [1.29, 1.82) is 0 Å². The third-order valence-electron chi connectivity index (χ3n) is 7.88. The zero-order valence-electron chi connectivity index (χ0n) is 24.8. The van der Waals surface area contributed by atoms with E-state index in [4.69, 9.17) is 0 Å². The molecule has 35 heavy (non-hydrogen) atoms. The van der Waals surface area contributed by atoms with Crippen LogP contribution in [0, 0.1) is 0 Å². The van der Waals surface area contributed by atoms with Gasteiger partial charge >= 0.3 is 0 Å². The second kappa shape index (κ2) is 31.7. The molecule has 0 unspecified atom stereocenters. The summed E-state index contributed by atoms with van der Waals surface area (Å²) >= 11 is 0. The van der Waals surface area contributed by atoms with Gasteiger partial charge in [-0.05, 0) is 13.3 Å². The molecule has 1 heteroatoms. The second-order valence-corrected chi connectivity index (χ2v) is 11.7. The molecule has 0 fully saturated rings. The Labute approximate surface area is 223 Å². The number of unbranched alkanes of at least 4 members (excludes halogenated alkanes) is 29. The van der Waals surface area contributed by atoms with Crippen LogP contribution in [0.25, 0.3) is 0 Å². The van der Waals surface area contributed by atoms with Crippen LogP contribution in [-0.4, -0.2) is 5.78 Å². The van der Waals surface area contributed by atoms with Crippen molar-refractivity contribution in [2.24, 2.45) is 0 Å². The van der Waals surface area contributed by atoms with Gasteiger partial charge in [0.1, 0.15) is 5.78 Å². The first kappa shape index (κ1) is 34.7. The summed E-state index contributed by atoms with van der Waals surface area (Å²) in [5.74, 6) is 0.352. The Hall–Kier alpha value is -0.330. The highest BCUT2D eigenvalue weighted by Crippen LogP contribution is 2.16. The molecule has 0 spiro atoms. The van der Waals surface area contributed by atoms with Gasteiger partial charge in [0.25, 0.3) is 0 Å². The third-order valence-corrected chi connectivity index (χ3v) is 7.88. The lowest BCUT2D eigenvalue weighted by Gasteiger charge is -2.04. The van der Waals surface area contributed by atoms with E-state index in [0.29, 0.717) is 5.78 Å². The molecule has 0 aliphatic heterocycles. The normalized spacial score (nSPS) is 11.4. The Morgan fingerprint density at radius 2 is 0.486 bits per heavy atom. The third kappa shape index (κ3) is 33.7. The van der Waals surface area contributed by atoms with E-state index in [-0.39, 0.29) is 0 Å². The Morgan fingerprint density at radius 3 is 0.657 bits per heavy atom. The fourth-order valence-corrected chi connectivity index (χ4v) is 5.40. The van der Waals surface area contributed by atoms with Crippen LogP contribution in [0.15, 0.2) is 0 Å². The van der Waals surface area contributed by atoms with Crippen LogP contribution in [0.5, 0.6) is 0 Å². The molecule has 0 rings (SSSR count). The molecule has 0 aromatic heterocycles. The molecule has 0 aromatic rings. The zero-order valence-corrected chi connectivity index (χ0v) is 24.8. The summed E-state index contributed by atoms with van der Waals surface area (Å²) in [6.45, 7) is 4.01. The summed E-state index contributed by atoms with van der Waals surface area (Å²) in [5, 5.41) is 0. The second-order valence-electron chi connectivity index (χ2n) is 11.7. The molecular formula is C34H68O. The zero-order chi connectivity index (χ0) is 25.5. The molecule has 0 aromatic carbocycles. The molecule has 0 N–H and O–H groups in total. The molecular weight excluding hydrogens is 424 g/mol. The van der Waals surface area contributed by atoms with Crippen LogP contribution in [0.3, 0.4) is 0 Å². The van der Waals surface area contributed by atoms with Gasteiger partial charge in [-0.1, -0.05) is 193 Å². The van der Waals surface area contributed by atoms with Crippen LogP contribution in [0.4, 0.5) is 0 Å². The molecule has 0 aliphatic carbocycles. The highest BCUT2D eigenvalue weighted by atomic mass is 16.1. The fourth-order valence-electron chi connectivity index (χ4n) is 5.40. The van der Waals surface area contributed by atoms with Crippen LogP contribution in [0.1, 0.15) is 213 Å². The number of ketones is 1. The molecule has 0 atom stereocenters. The molecule has 0 saturated heterocycles. The fraction of sp³-hybridized carbons (Fsp3) is 0.971. The van der Waals surface area contributed by atoms with Gasteiger partial charge in [-0.2, -0.15) is 0 Å². The Morgan fingerprint density at radius 1 is 0.314 bits per heavy atom. The van der Waals surface area contributed by atoms with Crippen LogP contribution in [0.2, 0.25) is 0 Å². The van der Waals surface area contributed by atoms with Gasteiger partial charge in [-0.15, -0.1) is 0 Å². The van der Waals surface area contributed by atoms with Crippen molar-refractivity contribution in [1.82, 2.24) is 0 Å². The smallest absolute Gasteiger partial charge is 0.129 e. The van der Waals surface area contributed by atoms with E-state index < -0.39 is 0 Å². The van der Waals surface area contributed by atoms with Crippen LogP contribution < -0.4 is 0 Å². The summed E-state index contributed by atoms with van der Waals surface area (Å²) < 4.78 is 0. The molecule has 0 saturated carbocycles. The Balaban J connectivity index is 3.01. The Bertz CT molecular complexity index is 388. The summed E-state index contributed by atoms with van der Waals surface area (Å²) in [5.41, 5.74) is 0. The van der Waals surface area contributed by atoms with Crippen molar-refractivity contribution >= 4 is 5.78 Å². The number of Topliss-reactive ketones (excluding diaryl/α,β-unsaturated/α-hetero) is 1. The minimum absolute atomic E-state index is 0.352. The van der Waals surface area contributed by atoms with E-state index in [9.17, 15) is 4.79 Å². The minimum Gasteiger partial charge on any atom is -0.300 e. The molecule has 0 bridgehead atoms. The van der Waals surface area contributed by atoms with Crippen molar-refractivity contribution < 1.29 is 4.79 Å². The predicted octanol–water partition coefficient (Wildman–Crippen LogP) is 12.7. The van der Waals surface area contributed by atoms with Crippen LogP contribution in [-0.2, 0) is 4.79 Å². The highest BCUT2D eigenvalue weighted by molar-refractivity contribution is 5.75. The van der Waals surface area contributed by atoms with E-state index in [1.165, 1.54) is 186 Å². The van der Waals surface area contributed by atoms with Gasteiger partial charge in [0.15, 0.2) is 0 Å². The molecule has 0 heterocycles. The van der Waals surface area contributed by atoms with Crippen molar-refractivity contribution in [2.75, 3.05) is 0 Å². The Kier molecular flexibility index (Phi) is 31.4. The first-order valence-corrected chi connectivity index (χ1v) is 16.8. The topological polar surface area (TPSA) is 17.1 Å². The summed E-state index contributed by atoms with van der Waals surface area (Å²) in [6.07, 6.45) is 43.9. The standard InChI is InChI=1S/C34H68O/c1-3-4-5-6-7-8-9-10-11-12-13-14-15-16-17-18-19-20-21-22-23-24-25-26-27-28-29-30-31-32-33-34(2)35/h3-33H2,1-2H3. The van der Waals surface area contributed by atoms with E-state index in [1.807, 2.05) is 0 Å². The minimum atomic E-state index is 0.352. The van der Waals surface area contributed by atoms with E-state index in [0.717, 1.165) is 12.8 Å². The summed E-state index contributed by atoms with van der Waals surface area (Å²) in [7, 11) is 0. The van der Waals surface area contributed by atoms with Gasteiger partial charge in [0.2, 0.25) is 0 Å². The predicted molar refractivity (Wildman–Crippen MR) is 159 cm³/mol. The van der Waals surface area contributed by atoms with E-state index in [1.54, 1.807) is 6.92 Å². The van der Waals surface area contributed by atoms with Gasteiger partial charge in [0.05, 0.1) is 0 Å². The SMILES string of the molecule is CCCCCCCCCCCCCCCCCCCCCCCCCCCCCCCCC(C)=O. The number of rotatable bonds is 31. The average molecular weight is 493 g/mol. The van der Waals surface area contributed by atoms with Crippen molar-refractivity contribution in [3.05, 3.63) is 0 Å². The largest absolute Gasteiger partial charge is 0.300 e. The van der Waals surface area contributed by atoms with Gasteiger partial charge < -0.3 is 4.79 Å². The lowest BCUT2D eigenvalue weighted by Crippen LogP contribution is -1.89. The number of hydrogen-bond donors (Lipinski definition) is 0. The lowest BCUT2D eigenvalue weighted by atomic mass is 10.0. The molecule has 0 amide bonds. The number of carbonyl (C=O) groups is 1. The van der Waals surface area contributed by atoms with Gasteiger partial charge in [-0.3, -0.25) is 0 Å². The molecule has 210 valence electrons. The number of carbonyl (C=O) groups excluding carboxylic acids is 1. The molecule has 0 radical (unpaired) electrons.